The molecule has 17 heavy (non-hydrogen) atoms. The third kappa shape index (κ3) is 3.19. The van der Waals surface area contributed by atoms with E-state index in [0.717, 1.165) is 0 Å². The van der Waals surface area contributed by atoms with E-state index in [9.17, 15) is 9.90 Å². The van der Waals surface area contributed by atoms with Gasteiger partial charge >= 0.3 is 5.97 Å². The van der Waals surface area contributed by atoms with Gasteiger partial charge in [-0.2, -0.15) is 5.10 Å². The molecule has 4 nitrogen and oxygen atoms in total. The molecule has 1 atom stereocenters. The van der Waals surface area contributed by atoms with E-state index in [4.69, 9.17) is 0 Å². The number of nitrogens with zero attached hydrogens (tertiary/aromatic N) is 2. The second kappa shape index (κ2) is 5.49. The van der Waals surface area contributed by atoms with Crippen LogP contribution in [-0.2, 0) is 0 Å². The molecule has 1 heterocycles. The Kier molecular flexibility index (Phi) is 4.51. The predicted octanol–water partition coefficient (Wildman–Crippen LogP) is 2.93. The van der Waals surface area contributed by atoms with Crippen molar-refractivity contribution in [3.8, 4) is 0 Å². The van der Waals surface area contributed by atoms with Gasteiger partial charge in [-0.15, -0.1) is 16.9 Å². The van der Waals surface area contributed by atoms with Gasteiger partial charge in [-0.3, -0.25) is 0 Å². The van der Waals surface area contributed by atoms with Crippen molar-refractivity contribution in [2.45, 2.75) is 44.9 Å². The zero-order valence-corrected chi connectivity index (χ0v) is 11.6. The van der Waals surface area contributed by atoms with Gasteiger partial charge in [-0.05, 0) is 25.3 Å². The summed E-state index contributed by atoms with van der Waals surface area (Å²) in [5, 5.41) is 18.1. The zero-order valence-electron chi connectivity index (χ0n) is 10.8. The van der Waals surface area contributed by atoms with E-state index in [1.807, 2.05) is 0 Å². The third-order valence-corrected chi connectivity index (χ3v) is 4.30. The lowest BCUT2D eigenvalue weighted by atomic mass is 10.1. The summed E-state index contributed by atoms with van der Waals surface area (Å²) in [6, 6.07) is 0. The minimum Gasteiger partial charge on any atom is -0.478 e. The first-order valence-electron chi connectivity index (χ1n) is 5.58. The summed E-state index contributed by atoms with van der Waals surface area (Å²) >= 11 is 1.48. The molecule has 1 N–H and O–H groups in total. The molecule has 1 aromatic heterocycles. The summed E-state index contributed by atoms with van der Waals surface area (Å²) < 4.78 is 0. The van der Waals surface area contributed by atoms with E-state index in [1.54, 1.807) is 13.8 Å². The van der Waals surface area contributed by atoms with Gasteiger partial charge in [0.25, 0.3) is 0 Å². The van der Waals surface area contributed by atoms with Crippen molar-refractivity contribution in [1.82, 2.24) is 10.2 Å². The molecular weight excluding hydrogens is 236 g/mol. The summed E-state index contributed by atoms with van der Waals surface area (Å²) in [5.74, 6) is -0.469. The van der Waals surface area contributed by atoms with Crippen LogP contribution in [0.5, 0.6) is 0 Å². The van der Waals surface area contributed by atoms with Crippen LogP contribution in [0.1, 0.15) is 42.4 Å². The minimum atomic E-state index is -0.932. The number of carboxylic acids is 1. The Hall–Kier alpha value is -1.10. The molecule has 94 valence electrons. The lowest BCUT2D eigenvalue weighted by Crippen LogP contribution is -2.12. The maximum Gasteiger partial charge on any atom is 0.338 e. The fourth-order valence-corrected chi connectivity index (χ4v) is 2.30. The van der Waals surface area contributed by atoms with Crippen molar-refractivity contribution in [1.29, 1.82) is 0 Å². The second-order valence-electron chi connectivity index (χ2n) is 4.46. The molecule has 1 rings (SSSR count). The van der Waals surface area contributed by atoms with E-state index in [1.165, 1.54) is 11.8 Å². The highest BCUT2D eigenvalue weighted by Gasteiger charge is 2.20. The maximum absolute atomic E-state index is 11.3. The van der Waals surface area contributed by atoms with Gasteiger partial charge in [0.2, 0.25) is 0 Å². The number of carbonyl (C=O) groups is 1. The number of aryl methyl sites for hydroxylation is 1. The van der Waals surface area contributed by atoms with Crippen molar-refractivity contribution in [3.05, 3.63) is 16.8 Å². The fourth-order valence-electron chi connectivity index (χ4n) is 1.23. The topological polar surface area (TPSA) is 63.1 Å². The first kappa shape index (κ1) is 14.0. The van der Waals surface area contributed by atoms with Crippen molar-refractivity contribution < 1.29 is 9.90 Å². The standard InChI is InChI=1S/C12H18N2O2S/c1-6(2)9(5)17-11-10(12(15)16)7(3)8(4)13-14-11/h6,9H,1-5H3,(H,15,16). The van der Waals surface area contributed by atoms with Crippen LogP contribution in [0, 0.1) is 19.8 Å². The molecular formula is C12H18N2O2S. The Bertz CT molecular complexity index is 433. The molecule has 0 saturated heterocycles. The molecule has 0 aliphatic carbocycles. The van der Waals surface area contributed by atoms with E-state index in [0.29, 0.717) is 27.5 Å². The molecule has 0 bridgehead atoms. The van der Waals surface area contributed by atoms with Gasteiger partial charge in [0, 0.05) is 5.25 Å². The highest BCUT2D eigenvalue weighted by molar-refractivity contribution is 7.99. The highest BCUT2D eigenvalue weighted by atomic mass is 32.2. The van der Waals surface area contributed by atoms with Crippen LogP contribution in [0.2, 0.25) is 0 Å². The van der Waals surface area contributed by atoms with E-state index >= 15 is 0 Å². The Balaban J connectivity index is 3.16. The number of hydrogen-bond acceptors (Lipinski definition) is 4. The van der Waals surface area contributed by atoms with Gasteiger partial charge in [-0.25, -0.2) is 4.79 Å². The molecule has 0 fully saturated rings. The molecule has 0 saturated carbocycles. The molecule has 0 spiro atoms. The fraction of sp³-hybridized carbons (Fsp3) is 0.583. The first-order valence-corrected chi connectivity index (χ1v) is 6.46. The van der Waals surface area contributed by atoms with Crippen LogP contribution in [0.4, 0.5) is 0 Å². The third-order valence-electron chi connectivity index (χ3n) is 2.87. The number of thioether (sulfide) groups is 1. The van der Waals surface area contributed by atoms with Crippen molar-refractivity contribution in [2.75, 3.05) is 0 Å². The Morgan fingerprint density at radius 2 is 1.82 bits per heavy atom. The second-order valence-corrected chi connectivity index (χ2v) is 5.83. The lowest BCUT2D eigenvalue weighted by molar-refractivity contribution is 0.0690. The van der Waals surface area contributed by atoms with E-state index < -0.39 is 5.97 Å². The van der Waals surface area contributed by atoms with Crippen LogP contribution in [-0.4, -0.2) is 26.5 Å². The van der Waals surface area contributed by atoms with Gasteiger partial charge in [0.15, 0.2) is 0 Å². The van der Waals surface area contributed by atoms with Crippen LogP contribution < -0.4 is 0 Å². The zero-order chi connectivity index (χ0) is 13.2. The van der Waals surface area contributed by atoms with Crippen LogP contribution in [0.25, 0.3) is 0 Å². The SMILES string of the molecule is Cc1nnc(SC(C)C(C)C)c(C(=O)O)c1C. The molecule has 5 heteroatoms. The number of aromatic carboxylic acids is 1. The van der Waals surface area contributed by atoms with Crippen molar-refractivity contribution >= 4 is 17.7 Å². The number of aromatic nitrogens is 2. The first-order chi connectivity index (χ1) is 7.84. The molecule has 0 amide bonds. The van der Waals surface area contributed by atoms with E-state index in [2.05, 4.69) is 31.0 Å². The Morgan fingerprint density at radius 1 is 1.24 bits per heavy atom. The smallest absolute Gasteiger partial charge is 0.338 e. The number of hydrogen-bond donors (Lipinski definition) is 1. The number of carboxylic acid groups (broad SMARTS) is 1. The average Bonchev–Trinajstić information content (AvgIpc) is 2.22. The average molecular weight is 254 g/mol. The highest BCUT2D eigenvalue weighted by Crippen LogP contribution is 2.30. The largest absolute Gasteiger partial charge is 0.478 e. The van der Waals surface area contributed by atoms with Gasteiger partial charge in [0.05, 0.1) is 11.3 Å². The molecule has 0 aliphatic heterocycles. The number of rotatable bonds is 4. The van der Waals surface area contributed by atoms with Crippen molar-refractivity contribution in [2.24, 2.45) is 5.92 Å². The summed E-state index contributed by atoms with van der Waals surface area (Å²) in [4.78, 5) is 11.3. The van der Waals surface area contributed by atoms with Gasteiger partial charge in [0.1, 0.15) is 5.03 Å². The molecule has 1 unspecified atom stereocenters. The Morgan fingerprint density at radius 3 is 2.29 bits per heavy atom. The molecule has 0 radical (unpaired) electrons. The van der Waals surface area contributed by atoms with Gasteiger partial charge < -0.3 is 5.11 Å². The molecule has 0 aliphatic rings. The van der Waals surface area contributed by atoms with Gasteiger partial charge in [-0.1, -0.05) is 20.8 Å². The van der Waals surface area contributed by atoms with Crippen molar-refractivity contribution in [3.63, 3.8) is 0 Å². The van der Waals surface area contributed by atoms with E-state index in [-0.39, 0.29) is 5.56 Å². The predicted molar refractivity (Wildman–Crippen MR) is 68.6 cm³/mol. The maximum atomic E-state index is 11.3. The summed E-state index contributed by atoms with van der Waals surface area (Å²) in [7, 11) is 0. The van der Waals surface area contributed by atoms with Crippen LogP contribution in [0.3, 0.4) is 0 Å². The van der Waals surface area contributed by atoms with Crippen LogP contribution >= 0.6 is 11.8 Å². The monoisotopic (exact) mass is 254 g/mol. The summed E-state index contributed by atoms with van der Waals surface area (Å²) in [6.45, 7) is 9.82. The van der Waals surface area contributed by atoms with Crippen LogP contribution in [0.15, 0.2) is 5.03 Å². The molecule has 1 aromatic rings. The Labute approximate surface area is 106 Å². The minimum absolute atomic E-state index is 0.287. The lowest BCUT2D eigenvalue weighted by Gasteiger charge is -2.16. The summed E-state index contributed by atoms with van der Waals surface area (Å²) in [5.41, 5.74) is 1.66. The summed E-state index contributed by atoms with van der Waals surface area (Å²) in [6.07, 6.45) is 0. The normalized spacial score (nSPS) is 12.8. The quantitative estimate of drug-likeness (QED) is 0.837. The molecule has 0 aromatic carbocycles.